The molecule has 6 heteroatoms. The number of nitrogens with one attached hydrogen (secondary N) is 2. The predicted octanol–water partition coefficient (Wildman–Crippen LogP) is 4.34. The Labute approximate surface area is 125 Å². The van der Waals surface area contributed by atoms with Gasteiger partial charge in [0, 0.05) is 23.8 Å². The molecular formula is C15H12ClN3O2. The fourth-order valence-corrected chi connectivity index (χ4v) is 2.46. The van der Waals surface area contributed by atoms with Crippen LogP contribution in [0, 0.1) is 10.1 Å². The van der Waals surface area contributed by atoms with Crippen molar-refractivity contribution in [2.24, 2.45) is 0 Å². The molecule has 2 N–H and O–H groups in total. The summed E-state index contributed by atoms with van der Waals surface area (Å²) in [6, 6.07) is 12.5. The van der Waals surface area contributed by atoms with E-state index >= 15 is 0 Å². The Hall–Kier alpha value is -2.53. The van der Waals surface area contributed by atoms with Gasteiger partial charge in [0.25, 0.3) is 5.69 Å². The SMILES string of the molecule is O=[N+]([O-])c1cc(Cl)ccc1NCc1cccc2cc[nH]c12. The Morgan fingerprint density at radius 3 is 2.90 bits per heavy atom. The van der Waals surface area contributed by atoms with Crippen LogP contribution in [0.25, 0.3) is 10.9 Å². The minimum Gasteiger partial charge on any atom is -0.375 e. The lowest BCUT2D eigenvalue weighted by atomic mass is 10.1. The van der Waals surface area contributed by atoms with Crippen LogP contribution in [0.3, 0.4) is 0 Å². The highest BCUT2D eigenvalue weighted by molar-refractivity contribution is 6.30. The van der Waals surface area contributed by atoms with Crippen LogP contribution in [0.5, 0.6) is 0 Å². The Morgan fingerprint density at radius 2 is 2.10 bits per heavy atom. The molecule has 0 amide bonds. The molecule has 1 heterocycles. The number of anilines is 1. The summed E-state index contributed by atoms with van der Waals surface area (Å²) in [5, 5.41) is 15.6. The number of hydrogen-bond donors (Lipinski definition) is 2. The van der Waals surface area contributed by atoms with Crippen molar-refractivity contribution in [3.8, 4) is 0 Å². The maximum absolute atomic E-state index is 11.1. The van der Waals surface area contributed by atoms with E-state index in [1.54, 1.807) is 12.1 Å². The zero-order chi connectivity index (χ0) is 14.8. The highest BCUT2D eigenvalue weighted by atomic mass is 35.5. The molecule has 1 aromatic heterocycles. The van der Waals surface area contributed by atoms with Gasteiger partial charge in [-0.3, -0.25) is 10.1 Å². The van der Waals surface area contributed by atoms with Gasteiger partial charge in [-0.05, 0) is 29.1 Å². The van der Waals surface area contributed by atoms with E-state index in [1.807, 2.05) is 30.5 Å². The molecular weight excluding hydrogens is 290 g/mol. The summed E-state index contributed by atoms with van der Waals surface area (Å²) in [6.07, 6.45) is 1.87. The van der Waals surface area contributed by atoms with Crippen LogP contribution in [0.4, 0.5) is 11.4 Å². The number of nitro groups is 1. The number of aromatic amines is 1. The first-order chi connectivity index (χ1) is 10.1. The van der Waals surface area contributed by atoms with Crippen molar-refractivity contribution in [2.45, 2.75) is 6.54 Å². The molecule has 0 radical (unpaired) electrons. The molecule has 0 saturated heterocycles. The second kappa shape index (κ2) is 5.46. The van der Waals surface area contributed by atoms with Crippen molar-refractivity contribution >= 4 is 33.9 Å². The number of H-pyrrole nitrogens is 1. The van der Waals surface area contributed by atoms with Gasteiger partial charge in [0.1, 0.15) is 5.69 Å². The molecule has 3 rings (SSSR count). The molecule has 0 aliphatic carbocycles. The number of rotatable bonds is 4. The number of benzene rings is 2. The van der Waals surface area contributed by atoms with E-state index in [9.17, 15) is 10.1 Å². The zero-order valence-corrected chi connectivity index (χ0v) is 11.7. The van der Waals surface area contributed by atoms with Gasteiger partial charge >= 0.3 is 0 Å². The van der Waals surface area contributed by atoms with Crippen molar-refractivity contribution in [1.29, 1.82) is 0 Å². The summed E-state index contributed by atoms with van der Waals surface area (Å²) in [6.45, 7) is 0.486. The van der Waals surface area contributed by atoms with E-state index in [1.165, 1.54) is 6.07 Å². The molecule has 21 heavy (non-hydrogen) atoms. The number of aromatic nitrogens is 1. The number of nitrogens with zero attached hydrogens (tertiary/aromatic N) is 1. The quantitative estimate of drug-likeness (QED) is 0.556. The fraction of sp³-hybridized carbons (Fsp3) is 0.0667. The molecule has 0 spiro atoms. The monoisotopic (exact) mass is 301 g/mol. The summed E-state index contributed by atoms with van der Waals surface area (Å²) in [7, 11) is 0. The van der Waals surface area contributed by atoms with Crippen LogP contribution in [0.15, 0.2) is 48.7 Å². The van der Waals surface area contributed by atoms with E-state index < -0.39 is 4.92 Å². The molecule has 0 saturated carbocycles. The maximum Gasteiger partial charge on any atom is 0.293 e. The number of halogens is 1. The summed E-state index contributed by atoms with van der Waals surface area (Å²) < 4.78 is 0. The molecule has 0 unspecified atom stereocenters. The molecule has 0 bridgehead atoms. The van der Waals surface area contributed by atoms with Crippen molar-refractivity contribution in [3.05, 3.63) is 69.4 Å². The molecule has 106 valence electrons. The summed E-state index contributed by atoms with van der Waals surface area (Å²) in [5.74, 6) is 0. The lowest BCUT2D eigenvalue weighted by Crippen LogP contribution is -2.03. The first kappa shape index (κ1) is 13.5. The minimum atomic E-state index is -0.441. The molecule has 0 atom stereocenters. The van der Waals surface area contributed by atoms with Gasteiger partial charge in [0.2, 0.25) is 0 Å². The van der Waals surface area contributed by atoms with Gasteiger partial charge in [-0.25, -0.2) is 0 Å². The maximum atomic E-state index is 11.1. The summed E-state index contributed by atoms with van der Waals surface area (Å²) in [4.78, 5) is 13.8. The molecule has 0 aliphatic heterocycles. The van der Waals surface area contributed by atoms with Gasteiger partial charge < -0.3 is 10.3 Å². The Kier molecular flexibility index (Phi) is 3.50. The van der Waals surface area contributed by atoms with Crippen LogP contribution in [-0.2, 0) is 6.54 Å². The van der Waals surface area contributed by atoms with E-state index in [0.717, 1.165) is 16.5 Å². The standard InChI is InChI=1S/C15H12ClN3O2/c16-12-4-5-13(14(8-12)19(20)21)18-9-11-3-1-2-10-6-7-17-15(10)11/h1-8,17-18H,9H2. The predicted molar refractivity (Wildman–Crippen MR) is 83.7 cm³/mol. The number of para-hydroxylation sites is 1. The van der Waals surface area contributed by atoms with Gasteiger partial charge in [-0.15, -0.1) is 0 Å². The van der Waals surface area contributed by atoms with E-state index in [2.05, 4.69) is 10.3 Å². The normalized spacial score (nSPS) is 10.7. The number of fused-ring (bicyclic) bond motifs is 1. The third-order valence-corrected chi connectivity index (χ3v) is 3.53. The van der Waals surface area contributed by atoms with Gasteiger partial charge in [-0.2, -0.15) is 0 Å². The Balaban J connectivity index is 1.88. The molecule has 5 nitrogen and oxygen atoms in total. The highest BCUT2D eigenvalue weighted by Crippen LogP contribution is 2.28. The van der Waals surface area contributed by atoms with Gasteiger partial charge in [-0.1, -0.05) is 29.8 Å². The number of hydrogen-bond acceptors (Lipinski definition) is 3. The van der Waals surface area contributed by atoms with E-state index in [4.69, 9.17) is 11.6 Å². The lowest BCUT2D eigenvalue weighted by molar-refractivity contribution is -0.383. The van der Waals surface area contributed by atoms with Crippen molar-refractivity contribution < 1.29 is 4.92 Å². The van der Waals surface area contributed by atoms with Gasteiger partial charge in [0.05, 0.1) is 10.4 Å². The van der Waals surface area contributed by atoms with Crippen molar-refractivity contribution in [3.63, 3.8) is 0 Å². The Morgan fingerprint density at radius 1 is 1.24 bits per heavy atom. The lowest BCUT2D eigenvalue weighted by Gasteiger charge is -2.08. The van der Waals surface area contributed by atoms with Crippen LogP contribution < -0.4 is 5.32 Å². The van der Waals surface area contributed by atoms with Crippen LogP contribution >= 0.6 is 11.6 Å². The van der Waals surface area contributed by atoms with Crippen LogP contribution in [0.2, 0.25) is 5.02 Å². The third kappa shape index (κ3) is 2.68. The topological polar surface area (TPSA) is 71.0 Å². The first-order valence-electron chi connectivity index (χ1n) is 6.38. The van der Waals surface area contributed by atoms with Crippen LogP contribution in [-0.4, -0.2) is 9.91 Å². The smallest absolute Gasteiger partial charge is 0.293 e. The zero-order valence-electron chi connectivity index (χ0n) is 11.0. The van der Waals surface area contributed by atoms with Gasteiger partial charge in [0.15, 0.2) is 0 Å². The molecule has 0 fully saturated rings. The Bertz CT molecular complexity index is 814. The largest absolute Gasteiger partial charge is 0.375 e. The van der Waals surface area contributed by atoms with E-state index in [0.29, 0.717) is 17.3 Å². The molecule has 3 aromatic rings. The van der Waals surface area contributed by atoms with Crippen molar-refractivity contribution in [2.75, 3.05) is 5.32 Å². The fourth-order valence-electron chi connectivity index (χ4n) is 2.29. The highest BCUT2D eigenvalue weighted by Gasteiger charge is 2.14. The third-order valence-electron chi connectivity index (χ3n) is 3.30. The number of nitro benzene ring substituents is 1. The second-order valence-corrected chi connectivity index (χ2v) is 5.07. The molecule has 0 aliphatic rings. The van der Waals surface area contributed by atoms with Crippen LogP contribution in [0.1, 0.15) is 5.56 Å². The van der Waals surface area contributed by atoms with E-state index in [-0.39, 0.29) is 5.69 Å². The minimum absolute atomic E-state index is 0.0267. The average Bonchev–Trinajstić information content (AvgIpc) is 2.94. The summed E-state index contributed by atoms with van der Waals surface area (Å²) >= 11 is 5.80. The molecule has 2 aromatic carbocycles. The first-order valence-corrected chi connectivity index (χ1v) is 6.76. The average molecular weight is 302 g/mol. The van der Waals surface area contributed by atoms with Crippen molar-refractivity contribution in [1.82, 2.24) is 4.98 Å². The second-order valence-electron chi connectivity index (χ2n) is 4.63. The summed E-state index contributed by atoms with van der Waals surface area (Å²) in [5.41, 5.74) is 2.50.